The molecule has 0 saturated carbocycles. The van der Waals surface area contributed by atoms with Crippen LogP contribution in [0.15, 0.2) is 46.9 Å². The van der Waals surface area contributed by atoms with E-state index in [4.69, 9.17) is 20.8 Å². The number of halogens is 1. The molecule has 0 saturated heterocycles. The molecular formula is C22H20ClNO4. The van der Waals surface area contributed by atoms with E-state index in [0.717, 1.165) is 17.4 Å². The van der Waals surface area contributed by atoms with Gasteiger partial charge in [-0.25, -0.2) is 4.79 Å². The molecule has 1 unspecified atom stereocenters. The topological polar surface area (TPSA) is 59.8 Å². The second-order valence-electron chi connectivity index (χ2n) is 7.02. The van der Waals surface area contributed by atoms with E-state index in [0.29, 0.717) is 29.3 Å². The number of esters is 1. The van der Waals surface area contributed by atoms with Crippen molar-refractivity contribution >= 4 is 34.4 Å². The maximum absolute atomic E-state index is 12.8. The molecule has 3 aromatic rings. The normalized spacial score (nSPS) is 14.6. The van der Waals surface area contributed by atoms with Gasteiger partial charge in [0.05, 0.1) is 0 Å². The van der Waals surface area contributed by atoms with Crippen LogP contribution in [0.2, 0.25) is 5.02 Å². The van der Waals surface area contributed by atoms with Crippen LogP contribution in [0.5, 0.6) is 0 Å². The summed E-state index contributed by atoms with van der Waals surface area (Å²) in [5.41, 5.74) is 3.59. The number of hydrogen-bond donors (Lipinski definition) is 0. The van der Waals surface area contributed by atoms with Crippen LogP contribution in [-0.2, 0) is 22.5 Å². The van der Waals surface area contributed by atoms with Crippen LogP contribution in [0.4, 0.5) is 0 Å². The Hall–Kier alpha value is -2.79. The van der Waals surface area contributed by atoms with Crippen molar-refractivity contribution in [1.29, 1.82) is 0 Å². The van der Waals surface area contributed by atoms with E-state index in [1.54, 1.807) is 36.9 Å². The van der Waals surface area contributed by atoms with Gasteiger partial charge in [-0.1, -0.05) is 35.9 Å². The first-order valence-electron chi connectivity index (χ1n) is 9.19. The molecule has 2 aromatic carbocycles. The Morgan fingerprint density at radius 2 is 1.93 bits per heavy atom. The number of carbonyl (C=O) groups is 2. The molecule has 1 aliphatic heterocycles. The van der Waals surface area contributed by atoms with Gasteiger partial charge in [0, 0.05) is 29.1 Å². The van der Waals surface area contributed by atoms with Crippen molar-refractivity contribution < 1.29 is 18.7 Å². The van der Waals surface area contributed by atoms with E-state index in [2.05, 4.69) is 6.07 Å². The number of nitrogens with zero attached hydrogens (tertiary/aromatic N) is 1. The van der Waals surface area contributed by atoms with E-state index in [9.17, 15) is 9.59 Å². The summed E-state index contributed by atoms with van der Waals surface area (Å²) in [7, 11) is 0. The molecule has 28 heavy (non-hydrogen) atoms. The van der Waals surface area contributed by atoms with Crippen molar-refractivity contribution in [3.05, 3.63) is 69.9 Å². The van der Waals surface area contributed by atoms with Crippen LogP contribution < -0.4 is 0 Å². The zero-order valence-corrected chi connectivity index (χ0v) is 16.5. The summed E-state index contributed by atoms with van der Waals surface area (Å²) in [5.74, 6) is -0.761. The maximum atomic E-state index is 12.8. The Kier molecular flexibility index (Phi) is 4.85. The molecule has 2 heterocycles. The van der Waals surface area contributed by atoms with Gasteiger partial charge in [0.1, 0.15) is 5.58 Å². The minimum absolute atomic E-state index is 0.0981. The highest BCUT2D eigenvalue weighted by molar-refractivity contribution is 6.31. The monoisotopic (exact) mass is 397 g/mol. The number of benzene rings is 2. The van der Waals surface area contributed by atoms with Crippen molar-refractivity contribution in [3.63, 3.8) is 0 Å². The zero-order chi connectivity index (χ0) is 19.8. The summed E-state index contributed by atoms with van der Waals surface area (Å²) >= 11 is 6.02. The molecule has 6 heteroatoms. The molecule has 4 rings (SSSR count). The maximum Gasteiger partial charge on any atom is 0.375 e. The van der Waals surface area contributed by atoms with Crippen LogP contribution >= 0.6 is 11.6 Å². The fourth-order valence-electron chi connectivity index (χ4n) is 3.59. The Morgan fingerprint density at radius 1 is 1.18 bits per heavy atom. The summed E-state index contributed by atoms with van der Waals surface area (Å²) < 4.78 is 11.1. The van der Waals surface area contributed by atoms with Gasteiger partial charge in [0.15, 0.2) is 6.10 Å². The predicted molar refractivity (Wildman–Crippen MR) is 106 cm³/mol. The molecule has 1 atom stereocenters. The van der Waals surface area contributed by atoms with Crippen LogP contribution in [0.25, 0.3) is 11.0 Å². The van der Waals surface area contributed by atoms with E-state index in [1.807, 2.05) is 18.2 Å². The molecule has 0 radical (unpaired) electrons. The molecule has 144 valence electrons. The van der Waals surface area contributed by atoms with Crippen LogP contribution in [0, 0.1) is 6.92 Å². The third-order valence-electron chi connectivity index (χ3n) is 5.16. The van der Waals surface area contributed by atoms with Gasteiger partial charge in [0.2, 0.25) is 5.76 Å². The van der Waals surface area contributed by atoms with Crippen molar-refractivity contribution in [2.75, 3.05) is 6.54 Å². The second-order valence-corrected chi connectivity index (χ2v) is 7.46. The SMILES string of the molecule is Cc1c(C(=O)OC(C)C(=O)N2CCc3ccccc3C2)oc2ccc(Cl)cc12. The van der Waals surface area contributed by atoms with E-state index in [1.165, 1.54) is 5.56 Å². The zero-order valence-electron chi connectivity index (χ0n) is 15.7. The van der Waals surface area contributed by atoms with Crippen molar-refractivity contribution in [1.82, 2.24) is 4.90 Å². The molecule has 1 aliphatic rings. The highest BCUT2D eigenvalue weighted by Gasteiger charge is 2.29. The molecule has 1 amide bonds. The fourth-order valence-corrected chi connectivity index (χ4v) is 3.77. The Labute approximate surface area is 167 Å². The summed E-state index contributed by atoms with van der Waals surface area (Å²) in [6.45, 7) is 4.50. The lowest BCUT2D eigenvalue weighted by molar-refractivity contribution is -0.140. The number of hydrogen-bond acceptors (Lipinski definition) is 4. The number of furan rings is 1. The van der Waals surface area contributed by atoms with Crippen molar-refractivity contribution in [3.8, 4) is 0 Å². The van der Waals surface area contributed by atoms with Gasteiger partial charge in [-0.3, -0.25) is 4.79 Å². The quantitative estimate of drug-likeness (QED) is 0.609. The first-order valence-corrected chi connectivity index (χ1v) is 9.57. The van der Waals surface area contributed by atoms with E-state index >= 15 is 0 Å². The lowest BCUT2D eigenvalue weighted by Crippen LogP contribution is -2.42. The standard InChI is InChI=1S/C22H20ClNO4/c1-13-18-11-17(23)7-8-19(18)28-20(13)22(26)27-14(2)21(25)24-10-9-15-5-3-4-6-16(15)12-24/h3-8,11,14H,9-10,12H2,1-2H3. The number of ether oxygens (including phenoxy) is 1. The third kappa shape index (κ3) is 3.38. The van der Waals surface area contributed by atoms with Crippen LogP contribution in [0.3, 0.4) is 0 Å². The van der Waals surface area contributed by atoms with Gasteiger partial charge < -0.3 is 14.1 Å². The number of carbonyl (C=O) groups excluding carboxylic acids is 2. The average molecular weight is 398 g/mol. The van der Waals surface area contributed by atoms with Gasteiger partial charge in [-0.15, -0.1) is 0 Å². The van der Waals surface area contributed by atoms with Crippen LogP contribution in [0.1, 0.15) is 34.2 Å². The smallest absolute Gasteiger partial charge is 0.375 e. The number of fused-ring (bicyclic) bond motifs is 2. The number of amides is 1. The molecule has 0 spiro atoms. The Morgan fingerprint density at radius 3 is 2.71 bits per heavy atom. The van der Waals surface area contributed by atoms with Crippen molar-refractivity contribution in [2.45, 2.75) is 32.9 Å². The summed E-state index contributed by atoms with van der Waals surface area (Å²) in [5, 5.41) is 1.32. The molecule has 0 bridgehead atoms. The fraction of sp³-hybridized carbons (Fsp3) is 0.273. The molecular weight excluding hydrogens is 378 g/mol. The largest absolute Gasteiger partial charge is 0.449 e. The lowest BCUT2D eigenvalue weighted by Gasteiger charge is -2.30. The molecule has 0 aliphatic carbocycles. The minimum atomic E-state index is -0.894. The number of aryl methyl sites for hydroxylation is 1. The predicted octanol–water partition coefficient (Wildman–Crippen LogP) is 4.52. The van der Waals surface area contributed by atoms with Gasteiger partial charge in [-0.05, 0) is 49.6 Å². The highest BCUT2D eigenvalue weighted by atomic mass is 35.5. The summed E-state index contributed by atoms with van der Waals surface area (Å²) in [6.07, 6.45) is -0.0968. The van der Waals surface area contributed by atoms with E-state index in [-0.39, 0.29) is 11.7 Å². The Balaban J connectivity index is 1.48. The van der Waals surface area contributed by atoms with Gasteiger partial charge in [0.25, 0.3) is 5.91 Å². The van der Waals surface area contributed by atoms with Crippen molar-refractivity contribution in [2.24, 2.45) is 0 Å². The molecule has 0 N–H and O–H groups in total. The Bertz CT molecular complexity index is 1070. The lowest BCUT2D eigenvalue weighted by atomic mass is 9.99. The summed E-state index contributed by atoms with van der Waals surface area (Å²) in [6, 6.07) is 13.2. The molecule has 5 nitrogen and oxygen atoms in total. The van der Waals surface area contributed by atoms with Gasteiger partial charge >= 0.3 is 5.97 Å². The average Bonchev–Trinajstić information content (AvgIpc) is 3.03. The second kappa shape index (κ2) is 7.32. The summed E-state index contributed by atoms with van der Waals surface area (Å²) in [4.78, 5) is 27.1. The minimum Gasteiger partial charge on any atom is -0.449 e. The van der Waals surface area contributed by atoms with Gasteiger partial charge in [-0.2, -0.15) is 0 Å². The molecule has 1 aromatic heterocycles. The van der Waals surface area contributed by atoms with Crippen LogP contribution in [-0.4, -0.2) is 29.4 Å². The molecule has 0 fully saturated rings. The highest BCUT2D eigenvalue weighted by Crippen LogP contribution is 2.28. The number of rotatable bonds is 3. The third-order valence-corrected chi connectivity index (χ3v) is 5.39. The van der Waals surface area contributed by atoms with E-state index < -0.39 is 12.1 Å². The first kappa shape index (κ1) is 18.6. The first-order chi connectivity index (χ1) is 13.4.